The molecule has 0 unspecified atom stereocenters. The molecule has 2 aliphatic heterocycles. The molecule has 0 atom stereocenters. The lowest BCUT2D eigenvalue weighted by Gasteiger charge is -2.53. The second-order valence-electron chi connectivity index (χ2n) is 9.95. The molecule has 10 nitrogen and oxygen atoms in total. The molecule has 0 saturated carbocycles. The maximum atomic E-state index is 13.0. The van der Waals surface area contributed by atoms with Crippen LogP contribution < -0.4 is 0 Å². The van der Waals surface area contributed by atoms with E-state index < -0.39 is 28.2 Å². The maximum absolute atomic E-state index is 13.0. The van der Waals surface area contributed by atoms with Crippen molar-refractivity contribution in [2.24, 2.45) is 0 Å². The quantitative estimate of drug-likeness (QED) is 0.383. The zero-order chi connectivity index (χ0) is 27.4. The van der Waals surface area contributed by atoms with E-state index in [9.17, 15) is 28.3 Å². The van der Waals surface area contributed by atoms with E-state index in [0.29, 0.717) is 45.1 Å². The van der Waals surface area contributed by atoms with Gasteiger partial charge in [-0.1, -0.05) is 0 Å². The predicted octanol–water partition coefficient (Wildman–Crippen LogP) is 3.84. The number of hydrogen-bond acceptors (Lipinski definition) is 8. The molecule has 6 rings (SSSR count). The lowest BCUT2D eigenvalue weighted by Crippen LogP contribution is -2.66. The molecule has 202 valence electrons. The van der Waals surface area contributed by atoms with Gasteiger partial charge >= 0.3 is 6.18 Å². The second kappa shape index (κ2) is 9.35. The molecule has 4 aromatic heterocycles. The minimum atomic E-state index is -4.61. The van der Waals surface area contributed by atoms with Crippen LogP contribution in [-0.2, 0) is 11.7 Å². The van der Waals surface area contributed by atoms with E-state index in [1.54, 1.807) is 12.4 Å². The minimum absolute atomic E-state index is 0.167. The van der Waals surface area contributed by atoms with Crippen molar-refractivity contribution in [1.29, 1.82) is 5.26 Å². The Kier molecular flexibility index (Phi) is 6.07. The summed E-state index contributed by atoms with van der Waals surface area (Å²) in [4.78, 5) is 27.0. The molecule has 2 fully saturated rings. The molecule has 2 N–H and O–H groups in total. The number of alkyl halides is 3. The topological polar surface area (TPSA) is 127 Å². The summed E-state index contributed by atoms with van der Waals surface area (Å²) in [6, 6.07) is 4.97. The molecule has 0 bridgehead atoms. The van der Waals surface area contributed by atoms with E-state index in [2.05, 4.69) is 31.0 Å². The highest BCUT2D eigenvalue weighted by Crippen LogP contribution is 2.41. The van der Waals surface area contributed by atoms with Gasteiger partial charge in [0.05, 0.1) is 24.4 Å². The zero-order valence-electron chi connectivity index (χ0n) is 20.5. The standard InChI is InChI=1S/C25H23F3N8O2S/c26-25(27,28)19-9-18(37)21(39-19)23(38)34-7-2-16(3-8-34)35-12-24(13-35,4-5-29)36-11-15(10-33-36)20-17-1-6-30-22(17)32-14-31-20/h1,6,9-11,14,16,37H,2-4,7-8,12-13H2,(H,30,31,32). The molecule has 39 heavy (non-hydrogen) atoms. The third-order valence-corrected chi connectivity index (χ3v) is 8.71. The van der Waals surface area contributed by atoms with E-state index >= 15 is 0 Å². The first-order valence-corrected chi connectivity index (χ1v) is 13.1. The summed E-state index contributed by atoms with van der Waals surface area (Å²) in [6.07, 6.45) is 3.90. The number of rotatable bonds is 5. The highest BCUT2D eigenvalue weighted by atomic mass is 32.1. The lowest BCUT2D eigenvalue weighted by atomic mass is 9.84. The molecule has 14 heteroatoms. The van der Waals surface area contributed by atoms with E-state index in [1.165, 1.54) is 11.2 Å². The molecule has 1 amide bonds. The molecule has 4 aromatic rings. The predicted molar refractivity (Wildman–Crippen MR) is 135 cm³/mol. The third kappa shape index (κ3) is 4.41. The Balaban J connectivity index is 1.11. The Morgan fingerprint density at radius 3 is 2.74 bits per heavy atom. The molecule has 2 saturated heterocycles. The molecule has 0 aliphatic carbocycles. The average Bonchev–Trinajstić information content (AvgIpc) is 3.65. The van der Waals surface area contributed by atoms with E-state index in [4.69, 9.17) is 0 Å². The molecule has 0 aromatic carbocycles. The van der Waals surface area contributed by atoms with Crippen molar-refractivity contribution in [3.63, 3.8) is 0 Å². The number of likely N-dealkylation sites (tertiary alicyclic amines) is 2. The fourth-order valence-electron chi connectivity index (χ4n) is 5.51. The van der Waals surface area contributed by atoms with Crippen molar-refractivity contribution in [2.75, 3.05) is 26.2 Å². The number of nitrogens with one attached hydrogen (secondary N) is 1. The van der Waals surface area contributed by atoms with Crippen LogP contribution in [0.3, 0.4) is 0 Å². The number of H-pyrrole nitrogens is 1. The summed E-state index contributed by atoms with van der Waals surface area (Å²) in [7, 11) is 0. The number of fused-ring (bicyclic) bond motifs is 1. The van der Waals surface area contributed by atoms with Crippen LogP contribution in [0.25, 0.3) is 22.3 Å². The van der Waals surface area contributed by atoms with Crippen LogP contribution in [0.1, 0.15) is 33.8 Å². The fraction of sp³-hybridized carbons (Fsp3) is 0.400. The van der Waals surface area contributed by atoms with Crippen LogP contribution in [0, 0.1) is 11.3 Å². The van der Waals surface area contributed by atoms with Gasteiger partial charge in [0, 0.05) is 61.6 Å². The van der Waals surface area contributed by atoms with Gasteiger partial charge in [-0.05, 0) is 18.9 Å². The zero-order valence-corrected chi connectivity index (χ0v) is 21.3. The summed E-state index contributed by atoms with van der Waals surface area (Å²) < 4.78 is 40.8. The van der Waals surface area contributed by atoms with Gasteiger partial charge in [-0.25, -0.2) is 9.97 Å². The minimum Gasteiger partial charge on any atom is -0.506 e. The van der Waals surface area contributed by atoms with Gasteiger partial charge in [-0.2, -0.15) is 23.5 Å². The summed E-state index contributed by atoms with van der Waals surface area (Å²) in [6.45, 7) is 1.97. The Hall–Kier alpha value is -3.96. The van der Waals surface area contributed by atoms with Crippen molar-refractivity contribution in [3.8, 4) is 23.1 Å². The van der Waals surface area contributed by atoms with E-state index in [-0.39, 0.29) is 28.7 Å². The monoisotopic (exact) mass is 556 g/mol. The van der Waals surface area contributed by atoms with E-state index in [0.717, 1.165) is 22.3 Å². The Labute approximate surface area is 224 Å². The van der Waals surface area contributed by atoms with Gasteiger partial charge in [-0.15, -0.1) is 11.3 Å². The summed E-state index contributed by atoms with van der Waals surface area (Å²) in [5.41, 5.74) is 1.83. The molecule has 0 spiro atoms. The molecular weight excluding hydrogens is 533 g/mol. The molecule has 0 radical (unpaired) electrons. The Morgan fingerprint density at radius 1 is 1.28 bits per heavy atom. The number of hydrogen-bond donors (Lipinski definition) is 2. The van der Waals surface area contributed by atoms with Crippen LogP contribution in [0.5, 0.6) is 5.75 Å². The number of aromatic hydroxyl groups is 1. The lowest BCUT2D eigenvalue weighted by molar-refractivity contribution is -0.134. The van der Waals surface area contributed by atoms with Crippen LogP contribution in [0.2, 0.25) is 0 Å². The van der Waals surface area contributed by atoms with Crippen LogP contribution >= 0.6 is 11.3 Å². The van der Waals surface area contributed by atoms with Gasteiger partial charge in [0.25, 0.3) is 5.91 Å². The van der Waals surface area contributed by atoms with Gasteiger partial charge in [0.1, 0.15) is 33.0 Å². The van der Waals surface area contributed by atoms with Crippen molar-refractivity contribution in [3.05, 3.63) is 46.8 Å². The number of aromatic amines is 1. The van der Waals surface area contributed by atoms with Crippen molar-refractivity contribution in [1.82, 2.24) is 34.5 Å². The van der Waals surface area contributed by atoms with Gasteiger partial charge in [0.2, 0.25) is 0 Å². The summed E-state index contributed by atoms with van der Waals surface area (Å²) in [5.74, 6) is -1.22. The van der Waals surface area contributed by atoms with Crippen molar-refractivity contribution in [2.45, 2.75) is 37.0 Å². The van der Waals surface area contributed by atoms with Crippen LogP contribution in [0.15, 0.2) is 37.1 Å². The number of amides is 1. The first kappa shape index (κ1) is 25.3. The highest BCUT2D eigenvalue weighted by Gasteiger charge is 2.48. The molecular formula is C25H23F3N8O2S. The van der Waals surface area contributed by atoms with E-state index in [1.807, 2.05) is 16.9 Å². The number of halogens is 3. The number of piperidine rings is 1. The normalized spacial score (nSPS) is 18.3. The number of nitrogens with zero attached hydrogens (tertiary/aromatic N) is 7. The number of thiophene rings is 1. The summed E-state index contributed by atoms with van der Waals surface area (Å²) >= 11 is 0.269. The number of nitriles is 1. The van der Waals surface area contributed by atoms with Gasteiger partial charge < -0.3 is 15.0 Å². The number of aromatic nitrogens is 5. The molecule has 2 aliphatic rings. The van der Waals surface area contributed by atoms with Crippen LogP contribution in [-0.4, -0.2) is 77.8 Å². The summed E-state index contributed by atoms with van der Waals surface area (Å²) in [5, 5.41) is 25.0. The van der Waals surface area contributed by atoms with Gasteiger partial charge in [0.15, 0.2) is 0 Å². The van der Waals surface area contributed by atoms with Crippen molar-refractivity contribution < 1.29 is 23.1 Å². The first-order chi connectivity index (χ1) is 18.7. The number of carbonyl (C=O) groups is 1. The highest BCUT2D eigenvalue weighted by molar-refractivity contribution is 7.14. The van der Waals surface area contributed by atoms with Gasteiger partial charge in [-0.3, -0.25) is 14.4 Å². The maximum Gasteiger partial charge on any atom is 0.425 e. The molecule has 6 heterocycles. The smallest absolute Gasteiger partial charge is 0.425 e. The Bertz CT molecular complexity index is 1570. The van der Waals surface area contributed by atoms with Crippen LogP contribution in [0.4, 0.5) is 13.2 Å². The largest absolute Gasteiger partial charge is 0.506 e. The number of carbonyl (C=O) groups excluding carboxylic acids is 1. The third-order valence-electron chi connectivity index (χ3n) is 7.55. The SMILES string of the molecule is N#CCC1(n2cc(-c3ncnc4[nH]ccc34)cn2)CN(C2CCN(C(=O)c3sc(C(F)(F)F)cc3O)CC2)C1. The van der Waals surface area contributed by atoms with Crippen molar-refractivity contribution >= 4 is 28.3 Å². The average molecular weight is 557 g/mol. The first-order valence-electron chi connectivity index (χ1n) is 12.3. The second-order valence-corrected chi connectivity index (χ2v) is 11.0. The Morgan fingerprint density at radius 2 is 2.05 bits per heavy atom. The fourth-order valence-corrected chi connectivity index (χ4v) is 6.40.